The summed E-state index contributed by atoms with van der Waals surface area (Å²) in [6.07, 6.45) is 4.59. The fraction of sp³-hybridized carbons (Fsp3) is 0.455. The highest BCUT2D eigenvalue weighted by Crippen LogP contribution is 2.12. The van der Waals surface area contributed by atoms with E-state index < -0.39 is 27.9 Å². The van der Waals surface area contributed by atoms with Gasteiger partial charge in [0.1, 0.15) is 18.2 Å². The molecule has 0 saturated carbocycles. The van der Waals surface area contributed by atoms with Crippen LogP contribution < -0.4 is 4.74 Å². The number of unbranched alkanes of at least 4 members (excludes halogenated alkanes) is 1. The van der Waals surface area contributed by atoms with Gasteiger partial charge in [-0.3, -0.25) is 9.59 Å². The Morgan fingerprint density at radius 3 is 2.50 bits per heavy atom. The van der Waals surface area contributed by atoms with Crippen LogP contribution >= 0.6 is 0 Å². The number of rotatable bonds is 12. The second-order valence-corrected chi connectivity index (χ2v) is 8.66. The van der Waals surface area contributed by atoms with E-state index in [2.05, 4.69) is 16.6 Å². The van der Waals surface area contributed by atoms with Crippen LogP contribution in [0, 0.1) is 17.7 Å². The van der Waals surface area contributed by atoms with E-state index in [1.165, 1.54) is 44.4 Å². The minimum Gasteiger partial charge on any atom is -0.489 e. The number of methoxy groups -OCH3 is 1. The van der Waals surface area contributed by atoms with Gasteiger partial charge in [0, 0.05) is 26.3 Å². The van der Waals surface area contributed by atoms with Gasteiger partial charge < -0.3 is 14.2 Å². The highest BCUT2D eigenvalue weighted by Gasteiger charge is 2.15. The Kier molecular flexibility index (Phi) is 12.1. The molecule has 0 fully saturated rings. The van der Waals surface area contributed by atoms with Crippen LogP contribution in [0.1, 0.15) is 26.2 Å². The molecule has 0 bridgehead atoms. The Hall–Kier alpha value is -2.90. The van der Waals surface area contributed by atoms with E-state index in [-0.39, 0.29) is 32.1 Å². The van der Waals surface area contributed by atoms with Crippen molar-refractivity contribution < 1.29 is 36.6 Å². The van der Waals surface area contributed by atoms with Gasteiger partial charge in [-0.25, -0.2) is 12.8 Å². The number of halogens is 1. The summed E-state index contributed by atoms with van der Waals surface area (Å²) in [7, 11) is -2.21. The quantitative estimate of drug-likeness (QED) is 0.200. The molecule has 0 radical (unpaired) electrons. The van der Waals surface area contributed by atoms with Gasteiger partial charge in [0.2, 0.25) is 10.0 Å². The number of hydrogen-bond acceptors (Lipinski definition) is 7. The van der Waals surface area contributed by atoms with Crippen molar-refractivity contribution in [3.63, 3.8) is 0 Å². The molecule has 0 saturated heterocycles. The van der Waals surface area contributed by atoms with E-state index in [1.807, 2.05) is 0 Å². The van der Waals surface area contributed by atoms with Crippen LogP contribution in [0.25, 0.3) is 0 Å². The second kappa shape index (κ2) is 14.2. The molecule has 176 valence electrons. The van der Waals surface area contributed by atoms with Crippen molar-refractivity contribution >= 4 is 22.0 Å². The summed E-state index contributed by atoms with van der Waals surface area (Å²) < 4.78 is 53.3. The van der Waals surface area contributed by atoms with E-state index in [0.29, 0.717) is 18.6 Å². The average Bonchev–Trinajstić information content (AvgIpc) is 2.72. The molecule has 32 heavy (non-hydrogen) atoms. The molecule has 0 aliphatic carbocycles. The highest BCUT2D eigenvalue weighted by molar-refractivity contribution is 7.88. The zero-order valence-corrected chi connectivity index (χ0v) is 19.2. The molecule has 1 unspecified atom stereocenters. The van der Waals surface area contributed by atoms with Gasteiger partial charge in [-0.2, -0.15) is 4.31 Å². The van der Waals surface area contributed by atoms with Crippen molar-refractivity contribution in [2.45, 2.75) is 32.3 Å². The number of sulfonamides is 1. The van der Waals surface area contributed by atoms with Crippen LogP contribution in [0.4, 0.5) is 4.39 Å². The number of hydrogen-bond donors (Lipinski definition) is 0. The molecule has 0 N–H and O–H groups in total. The summed E-state index contributed by atoms with van der Waals surface area (Å²) in [5.74, 6) is 4.76. The van der Waals surface area contributed by atoms with Crippen molar-refractivity contribution in [1.29, 1.82) is 0 Å². The van der Waals surface area contributed by atoms with Crippen molar-refractivity contribution in [2.24, 2.45) is 0 Å². The normalized spacial score (nSPS) is 12.2. The predicted molar refractivity (Wildman–Crippen MR) is 117 cm³/mol. The SMILES string of the molecule is COC(=O)CCCC#CCN(C/C=C/C(COc1ccc(F)cc1)OC(C)=O)S(C)(=O)=O. The third kappa shape index (κ3) is 12.1. The van der Waals surface area contributed by atoms with Crippen molar-refractivity contribution in [3.8, 4) is 17.6 Å². The molecular weight excluding hydrogens is 441 g/mol. The molecule has 0 heterocycles. The van der Waals surface area contributed by atoms with Crippen LogP contribution in [-0.2, 0) is 29.1 Å². The second-order valence-electron chi connectivity index (χ2n) is 6.68. The zero-order chi connectivity index (χ0) is 24.0. The summed E-state index contributed by atoms with van der Waals surface area (Å²) in [6.45, 7) is 1.22. The largest absolute Gasteiger partial charge is 0.489 e. The van der Waals surface area contributed by atoms with Gasteiger partial charge in [0.15, 0.2) is 6.10 Å². The van der Waals surface area contributed by atoms with Gasteiger partial charge >= 0.3 is 11.9 Å². The highest BCUT2D eigenvalue weighted by atomic mass is 32.2. The first-order valence-electron chi connectivity index (χ1n) is 9.81. The van der Waals surface area contributed by atoms with E-state index in [9.17, 15) is 22.4 Å². The summed E-state index contributed by atoms with van der Waals surface area (Å²) in [5, 5.41) is 0. The molecule has 1 aromatic rings. The molecule has 0 aliphatic rings. The molecule has 0 amide bonds. The van der Waals surface area contributed by atoms with Gasteiger partial charge in [-0.1, -0.05) is 12.0 Å². The number of benzene rings is 1. The maximum Gasteiger partial charge on any atom is 0.305 e. The van der Waals surface area contributed by atoms with E-state index in [0.717, 1.165) is 10.6 Å². The number of nitrogens with zero attached hydrogens (tertiary/aromatic N) is 1. The minimum absolute atomic E-state index is 0.0178. The molecule has 8 nitrogen and oxygen atoms in total. The smallest absolute Gasteiger partial charge is 0.305 e. The molecule has 1 atom stereocenters. The van der Waals surface area contributed by atoms with Gasteiger partial charge in [-0.05, 0) is 36.8 Å². The fourth-order valence-corrected chi connectivity index (χ4v) is 3.01. The van der Waals surface area contributed by atoms with Crippen LogP contribution in [0.15, 0.2) is 36.4 Å². The molecule has 1 rings (SSSR count). The van der Waals surface area contributed by atoms with Gasteiger partial charge in [0.05, 0.1) is 19.9 Å². The molecule has 10 heteroatoms. The predicted octanol–water partition coefficient (Wildman–Crippen LogP) is 2.30. The number of esters is 2. The number of carbonyl (C=O) groups is 2. The third-order valence-electron chi connectivity index (χ3n) is 3.96. The Bertz CT molecular complexity index is 933. The van der Waals surface area contributed by atoms with Crippen LogP contribution in [0.3, 0.4) is 0 Å². The molecular formula is C22H28FNO7S. The van der Waals surface area contributed by atoms with Gasteiger partial charge in [0.25, 0.3) is 0 Å². The van der Waals surface area contributed by atoms with Crippen LogP contribution in [-0.4, -0.2) is 63.8 Å². The molecule has 0 spiro atoms. The average molecular weight is 470 g/mol. The lowest BCUT2D eigenvalue weighted by Crippen LogP contribution is -2.31. The monoisotopic (exact) mass is 469 g/mol. The van der Waals surface area contributed by atoms with E-state index >= 15 is 0 Å². The number of carbonyl (C=O) groups excluding carboxylic acids is 2. The summed E-state index contributed by atoms with van der Waals surface area (Å²) in [5.41, 5.74) is 0. The Morgan fingerprint density at radius 1 is 1.22 bits per heavy atom. The first-order valence-corrected chi connectivity index (χ1v) is 11.7. The lowest BCUT2D eigenvalue weighted by molar-refractivity contribution is -0.145. The third-order valence-corrected chi connectivity index (χ3v) is 5.18. The van der Waals surface area contributed by atoms with Crippen molar-refractivity contribution in [3.05, 3.63) is 42.2 Å². The Balaban J connectivity index is 2.65. The first-order chi connectivity index (χ1) is 15.1. The lowest BCUT2D eigenvalue weighted by atomic mass is 10.2. The summed E-state index contributed by atoms with van der Waals surface area (Å²) in [4.78, 5) is 22.4. The topological polar surface area (TPSA) is 99.2 Å². The fourth-order valence-electron chi connectivity index (χ4n) is 2.35. The van der Waals surface area contributed by atoms with Crippen LogP contribution in [0.2, 0.25) is 0 Å². The first kappa shape index (κ1) is 27.1. The van der Waals surface area contributed by atoms with E-state index in [4.69, 9.17) is 9.47 Å². The molecule has 0 aliphatic heterocycles. The van der Waals surface area contributed by atoms with E-state index in [1.54, 1.807) is 6.08 Å². The maximum atomic E-state index is 13.0. The van der Waals surface area contributed by atoms with Crippen molar-refractivity contribution in [2.75, 3.05) is 33.1 Å². The summed E-state index contributed by atoms with van der Waals surface area (Å²) in [6, 6.07) is 5.37. The Labute approximate surface area is 188 Å². The molecule has 1 aromatic carbocycles. The van der Waals surface area contributed by atoms with Crippen LogP contribution in [0.5, 0.6) is 5.75 Å². The zero-order valence-electron chi connectivity index (χ0n) is 18.4. The molecule has 0 aromatic heterocycles. The summed E-state index contributed by atoms with van der Waals surface area (Å²) >= 11 is 0. The lowest BCUT2D eigenvalue weighted by Gasteiger charge is -2.17. The minimum atomic E-state index is -3.52. The van der Waals surface area contributed by atoms with Gasteiger partial charge in [-0.15, -0.1) is 5.92 Å². The number of ether oxygens (including phenoxy) is 3. The maximum absolute atomic E-state index is 13.0. The Morgan fingerprint density at radius 2 is 1.91 bits per heavy atom. The van der Waals surface area contributed by atoms with Crippen molar-refractivity contribution in [1.82, 2.24) is 4.31 Å². The standard InChI is InChI=1S/C22H28FNO7S/c1-18(25)31-21(17-30-20-13-11-19(23)12-14-20)9-8-16-24(32(3,27)28)15-7-5-4-6-10-22(26)29-2/h8-9,11-14,21H,4,6,10,15-17H2,1-3H3/b9-8+.